The van der Waals surface area contributed by atoms with Gasteiger partial charge in [0.05, 0.1) is 0 Å². The third-order valence-corrected chi connectivity index (χ3v) is 4.61. The molecule has 0 aliphatic carbocycles. The van der Waals surface area contributed by atoms with Gasteiger partial charge in [0, 0.05) is 23.8 Å². The normalized spacial score (nSPS) is 12.5. The zero-order valence-electron chi connectivity index (χ0n) is 16.4. The molecule has 2 unspecified atom stereocenters. The van der Waals surface area contributed by atoms with E-state index >= 15 is 0 Å². The topological polar surface area (TPSA) is 81.1 Å². The molecule has 0 aliphatic rings. The number of hydrogen-bond acceptors (Lipinski definition) is 4. The molecule has 0 bridgehead atoms. The van der Waals surface area contributed by atoms with Gasteiger partial charge in [0.1, 0.15) is 11.3 Å². The second kappa shape index (κ2) is 9.48. The van der Waals surface area contributed by atoms with Crippen molar-refractivity contribution < 1.29 is 40.7 Å². The third kappa shape index (κ3) is 4.63. The van der Waals surface area contributed by atoms with Crippen molar-refractivity contribution in [2.75, 3.05) is 0 Å². The first-order valence-corrected chi connectivity index (χ1v) is 7.84. The molecule has 2 aromatic rings. The summed E-state index contributed by atoms with van der Waals surface area (Å²) in [6.07, 6.45) is 4.34. The van der Waals surface area contributed by atoms with Gasteiger partial charge in [-0.25, -0.2) is 0 Å². The number of rotatable bonds is 4. The number of hydrogen-bond donors (Lipinski definition) is 1. The van der Waals surface area contributed by atoms with E-state index in [1.807, 2.05) is 13.8 Å². The first kappa shape index (κ1) is 24.6. The number of nitrogens with zero attached hydrogens (tertiary/aromatic N) is 2. The van der Waals surface area contributed by atoms with E-state index in [1.54, 1.807) is 25.5 Å². The first-order chi connectivity index (χ1) is 11.1. The monoisotopic (exact) mass is 581 g/mol. The molecule has 2 heterocycles. The molecule has 0 aliphatic heterocycles. The molecule has 6 nitrogen and oxygen atoms in total. The summed E-state index contributed by atoms with van der Waals surface area (Å²) in [7, 11) is 1.73. The van der Waals surface area contributed by atoms with Crippen LogP contribution >= 0.6 is 0 Å². The number of aromatic nitrogens is 2. The maximum Gasteiger partial charge on any atom is 2.00 e. The van der Waals surface area contributed by atoms with Gasteiger partial charge < -0.3 is 22.3 Å². The Balaban J connectivity index is 0.00000312. The van der Waals surface area contributed by atoms with Crippen LogP contribution in [0.25, 0.3) is 11.0 Å². The van der Waals surface area contributed by atoms with Crippen LogP contribution in [0, 0.1) is 64.5 Å². The fourth-order valence-corrected chi connectivity index (χ4v) is 2.53. The van der Waals surface area contributed by atoms with Crippen molar-refractivity contribution in [2.45, 2.75) is 40.7 Å². The molecule has 1 N–H and O–H groups in total. The average Bonchev–Trinajstić information content (AvgIpc) is 2.52. The van der Waals surface area contributed by atoms with Crippen molar-refractivity contribution in [3.63, 3.8) is 0 Å². The number of ketones is 1. The van der Waals surface area contributed by atoms with Gasteiger partial charge in [0.25, 0.3) is 5.91 Å². The Morgan fingerprint density at radius 1 is 1.27 bits per heavy atom. The van der Waals surface area contributed by atoms with E-state index in [9.17, 15) is 14.4 Å². The fourth-order valence-electron chi connectivity index (χ4n) is 2.53. The average molecular weight is 581 g/mol. The number of aryl methyl sites for hydroxylation is 3. The molecule has 0 fully saturated rings. The first-order valence-electron chi connectivity index (χ1n) is 7.84. The van der Waals surface area contributed by atoms with Gasteiger partial charge in [-0.3, -0.25) is 14.4 Å². The summed E-state index contributed by atoms with van der Waals surface area (Å²) in [6, 6.07) is -0.361. The standard InChI is InChI=1S/C18H22N3O3.CH3.U/c1-9-7-19-17-15(10(9)2)16(23)14(8-21(17)6)18(24)20-12(4)11(3)13(5)22;;/h8,11-12H,1-6H3,(H,20,24);1H3;/q2*-1;+2. The second-order valence-corrected chi connectivity index (χ2v) is 6.32. The Morgan fingerprint density at radius 2 is 1.85 bits per heavy atom. The van der Waals surface area contributed by atoms with Gasteiger partial charge in [0.15, 0.2) is 5.43 Å². The van der Waals surface area contributed by atoms with Gasteiger partial charge in [-0.05, 0) is 26.3 Å². The molecule has 0 radical (unpaired) electrons. The van der Waals surface area contributed by atoms with Crippen LogP contribution in [0.2, 0.25) is 0 Å². The summed E-state index contributed by atoms with van der Waals surface area (Å²) in [5, 5.41) is 3.17. The minimum absolute atomic E-state index is 0. The molecule has 0 aromatic carbocycles. The Bertz CT molecular complexity index is 890. The molecule has 1 amide bonds. The second-order valence-electron chi connectivity index (χ2n) is 6.32. The quantitative estimate of drug-likeness (QED) is 0.562. The largest absolute Gasteiger partial charge is 2.00 e. The van der Waals surface area contributed by atoms with E-state index in [4.69, 9.17) is 0 Å². The molecule has 2 rings (SSSR count). The molecule has 138 valence electrons. The van der Waals surface area contributed by atoms with Crippen molar-refractivity contribution in [3.8, 4) is 0 Å². The number of nitrogens with one attached hydrogen (secondary N) is 1. The summed E-state index contributed by atoms with van der Waals surface area (Å²) in [4.78, 5) is 40.9. The Kier molecular flexibility index (Phi) is 8.95. The van der Waals surface area contributed by atoms with Crippen molar-refractivity contribution in [2.24, 2.45) is 13.0 Å². The van der Waals surface area contributed by atoms with Crippen LogP contribution in [0.3, 0.4) is 0 Å². The van der Waals surface area contributed by atoms with Crippen molar-refractivity contribution in [3.05, 3.63) is 46.7 Å². The Labute approximate surface area is 178 Å². The Morgan fingerprint density at radius 3 is 2.38 bits per heavy atom. The number of Topliss-reactive ketones (excluding diaryl/α,β-unsaturated/α-hetero) is 1. The minimum atomic E-state index is -0.483. The van der Waals surface area contributed by atoms with Crippen LogP contribution in [0.4, 0.5) is 0 Å². The van der Waals surface area contributed by atoms with E-state index in [0.29, 0.717) is 11.0 Å². The SMILES string of the molecule is CC(=O)C(C)C(C)NC(=O)c1cn(C)c2n[c-]c(C)c(C)c2c1=O.[CH3-].[U+2]. The number of pyridine rings is 2. The van der Waals surface area contributed by atoms with Crippen molar-refractivity contribution in [1.82, 2.24) is 14.9 Å². The van der Waals surface area contributed by atoms with Gasteiger partial charge in [-0.15, -0.1) is 11.1 Å². The molecule has 26 heavy (non-hydrogen) atoms. The predicted octanol–water partition coefficient (Wildman–Crippen LogP) is 2.14. The summed E-state index contributed by atoms with van der Waals surface area (Å²) >= 11 is 0. The van der Waals surface area contributed by atoms with Crippen LogP contribution in [-0.2, 0) is 11.8 Å². The number of fused-ring (bicyclic) bond motifs is 1. The van der Waals surface area contributed by atoms with Crippen molar-refractivity contribution >= 4 is 22.7 Å². The molecule has 0 spiro atoms. The molecule has 0 saturated carbocycles. The van der Waals surface area contributed by atoms with E-state index in [1.165, 1.54) is 13.1 Å². The minimum Gasteiger partial charge on any atom is -0.387 e. The fraction of sp³-hybridized carbons (Fsp3) is 0.421. The maximum absolute atomic E-state index is 12.8. The summed E-state index contributed by atoms with van der Waals surface area (Å²) < 4.78 is 1.65. The van der Waals surface area contributed by atoms with Gasteiger partial charge in [-0.1, -0.05) is 27.0 Å². The summed E-state index contributed by atoms with van der Waals surface area (Å²) in [5.74, 6) is -0.818. The summed E-state index contributed by atoms with van der Waals surface area (Å²) in [6.45, 7) is 8.63. The summed E-state index contributed by atoms with van der Waals surface area (Å²) in [5.41, 5.74) is 1.72. The van der Waals surface area contributed by atoms with Crippen molar-refractivity contribution in [1.29, 1.82) is 0 Å². The third-order valence-electron chi connectivity index (χ3n) is 4.61. The van der Waals surface area contributed by atoms with Crippen LogP contribution in [0.1, 0.15) is 42.3 Å². The van der Waals surface area contributed by atoms with E-state index < -0.39 is 5.91 Å². The van der Waals surface area contributed by atoms with Crippen LogP contribution in [0.15, 0.2) is 11.0 Å². The smallest absolute Gasteiger partial charge is 0.387 e. The van der Waals surface area contributed by atoms with E-state index in [2.05, 4.69) is 16.5 Å². The molecular formula is C19H25N3O3U. The Hall–Kier alpha value is -1.45. The molecule has 2 atom stereocenters. The van der Waals surface area contributed by atoms with Crippen LogP contribution in [0.5, 0.6) is 0 Å². The zero-order chi connectivity index (χ0) is 18.2. The molecule has 7 heteroatoms. The molecular weight excluding hydrogens is 556 g/mol. The van der Waals surface area contributed by atoms with Gasteiger partial charge in [-0.2, -0.15) is 0 Å². The zero-order valence-corrected chi connectivity index (χ0v) is 20.5. The van der Waals surface area contributed by atoms with Gasteiger partial charge in [0.2, 0.25) is 0 Å². The van der Waals surface area contributed by atoms with E-state index in [0.717, 1.165) is 11.1 Å². The maximum atomic E-state index is 12.8. The van der Waals surface area contributed by atoms with Crippen LogP contribution in [-0.4, -0.2) is 27.3 Å². The predicted molar refractivity (Wildman–Crippen MR) is 98.5 cm³/mol. The number of carbonyl (C=O) groups excluding carboxylic acids is 2. The number of amides is 1. The van der Waals surface area contributed by atoms with Crippen LogP contribution < -0.4 is 10.7 Å². The van der Waals surface area contributed by atoms with Gasteiger partial charge >= 0.3 is 31.1 Å². The number of carbonyl (C=O) groups is 2. The van der Waals surface area contributed by atoms with E-state index in [-0.39, 0.29) is 67.3 Å². The molecule has 0 saturated heterocycles. The molecule has 2 aromatic heterocycles.